The molecular weight excluding hydrogens is 284 g/mol. The number of hydrogen-bond donors (Lipinski definition) is 0. The van der Waals surface area contributed by atoms with Crippen molar-refractivity contribution in [2.24, 2.45) is 0 Å². The minimum absolute atomic E-state index is 0.116. The van der Waals surface area contributed by atoms with Crippen LogP contribution in [0.4, 0.5) is 8.78 Å². The predicted molar refractivity (Wildman–Crippen MR) is 50.2 cm³/mol. The molecule has 11 heavy (non-hydrogen) atoms. The van der Waals surface area contributed by atoms with Crippen molar-refractivity contribution in [3.8, 4) is 0 Å². The van der Waals surface area contributed by atoms with Crippen LogP contribution in [0.25, 0.3) is 0 Å². The van der Waals surface area contributed by atoms with Gasteiger partial charge >= 0.3 is 3.93 Å². The molecule has 0 saturated carbocycles. The van der Waals surface area contributed by atoms with Gasteiger partial charge in [0.25, 0.3) is 0 Å². The monoisotopic (exact) mass is 290 g/mol. The van der Waals surface area contributed by atoms with Crippen molar-refractivity contribution >= 4 is 34.2 Å². The van der Waals surface area contributed by atoms with Crippen molar-refractivity contribution in [2.45, 2.75) is 16.8 Å². The van der Waals surface area contributed by atoms with Gasteiger partial charge in [-0.05, 0) is 18.9 Å². The summed E-state index contributed by atoms with van der Waals surface area (Å²) in [5, 5.41) is 0.419. The maximum absolute atomic E-state index is 12.6. The molecule has 0 bridgehead atoms. The molecule has 0 heterocycles. The summed E-state index contributed by atoms with van der Waals surface area (Å²) in [6.45, 7) is 0. The second-order valence-electron chi connectivity index (χ2n) is 2.30. The molecule has 0 fully saturated rings. The van der Waals surface area contributed by atoms with E-state index in [4.69, 9.17) is 11.6 Å². The number of alkyl halides is 3. The molecule has 1 aliphatic rings. The first kappa shape index (κ1) is 9.45. The first-order valence-electron chi connectivity index (χ1n) is 3.13. The minimum atomic E-state index is -2.74. The van der Waals surface area contributed by atoms with Gasteiger partial charge in [0.2, 0.25) is 0 Å². The average molecular weight is 290 g/mol. The molecule has 4 heteroatoms. The van der Waals surface area contributed by atoms with Gasteiger partial charge in [-0.2, -0.15) is 8.78 Å². The molecule has 0 aromatic carbocycles. The van der Waals surface area contributed by atoms with Crippen LogP contribution in [0, 0.1) is 0 Å². The van der Waals surface area contributed by atoms with Crippen LogP contribution in [0.2, 0.25) is 0 Å². The van der Waals surface area contributed by atoms with Crippen molar-refractivity contribution in [1.82, 2.24) is 0 Å². The predicted octanol–water partition coefficient (Wildman–Crippen LogP) is 3.86. The summed E-state index contributed by atoms with van der Waals surface area (Å²) in [4.78, 5) is 0. The van der Waals surface area contributed by atoms with Gasteiger partial charge in [-0.15, -0.1) is 0 Å². The van der Waals surface area contributed by atoms with E-state index in [0.29, 0.717) is 17.9 Å². The molecule has 0 saturated heterocycles. The molecule has 1 rings (SSSR count). The van der Waals surface area contributed by atoms with Crippen LogP contribution in [-0.2, 0) is 0 Å². The third kappa shape index (κ3) is 2.71. The zero-order valence-corrected chi connectivity index (χ0v) is 8.49. The van der Waals surface area contributed by atoms with Crippen molar-refractivity contribution in [3.05, 3.63) is 22.8 Å². The van der Waals surface area contributed by atoms with Gasteiger partial charge in [0.1, 0.15) is 0 Å². The van der Waals surface area contributed by atoms with Gasteiger partial charge in [0.15, 0.2) is 0 Å². The molecular formula is C7H6ClF2I. The minimum Gasteiger partial charge on any atom is -0.190 e. The van der Waals surface area contributed by atoms with Gasteiger partial charge in [0.05, 0.1) is 0 Å². The lowest BCUT2D eigenvalue weighted by molar-refractivity contribution is 0.164. The Morgan fingerprint density at radius 1 is 1.55 bits per heavy atom. The van der Waals surface area contributed by atoms with Crippen molar-refractivity contribution in [1.29, 1.82) is 0 Å². The van der Waals surface area contributed by atoms with Crippen LogP contribution in [0.3, 0.4) is 0 Å². The molecule has 0 aromatic heterocycles. The highest BCUT2D eigenvalue weighted by Crippen LogP contribution is 2.37. The lowest BCUT2D eigenvalue weighted by Gasteiger charge is -2.15. The zero-order valence-electron chi connectivity index (χ0n) is 5.58. The van der Waals surface area contributed by atoms with E-state index < -0.39 is 3.93 Å². The van der Waals surface area contributed by atoms with E-state index in [-0.39, 0.29) is 5.57 Å². The Hall–Kier alpha value is 0.360. The van der Waals surface area contributed by atoms with Crippen molar-refractivity contribution < 1.29 is 8.78 Å². The summed E-state index contributed by atoms with van der Waals surface area (Å²) in [7, 11) is 0. The molecule has 0 nitrogen and oxygen atoms in total. The highest BCUT2D eigenvalue weighted by molar-refractivity contribution is 14.1. The molecule has 0 unspecified atom stereocenters. The van der Waals surface area contributed by atoms with E-state index in [1.54, 1.807) is 6.08 Å². The van der Waals surface area contributed by atoms with Crippen molar-refractivity contribution in [3.63, 3.8) is 0 Å². The van der Waals surface area contributed by atoms with Gasteiger partial charge in [-0.1, -0.05) is 17.7 Å². The van der Waals surface area contributed by atoms with E-state index in [1.807, 2.05) is 0 Å². The third-order valence-corrected chi connectivity index (χ3v) is 2.39. The SMILES string of the molecule is FC(F)(I)C1=CC(Cl)=CCC1. The lowest BCUT2D eigenvalue weighted by Crippen LogP contribution is -2.10. The average Bonchev–Trinajstić information content (AvgIpc) is 1.86. The normalized spacial score (nSPS) is 19.3. The summed E-state index contributed by atoms with van der Waals surface area (Å²) in [5.74, 6) is 0. The highest BCUT2D eigenvalue weighted by Gasteiger charge is 2.30. The molecule has 0 aliphatic heterocycles. The Morgan fingerprint density at radius 3 is 2.55 bits per heavy atom. The van der Waals surface area contributed by atoms with E-state index >= 15 is 0 Å². The molecule has 0 N–H and O–H groups in total. The lowest BCUT2D eigenvalue weighted by atomic mass is 10.1. The summed E-state index contributed by atoms with van der Waals surface area (Å²) in [6.07, 6.45) is 4.11. The molecule has 0 aromatic rings. The standard InChI is InChI=1S/C7H6ClF2I/c8-6-3-1-2-5(4-6)7(9,10)11/h3-4H,1-2H2. The fraction of sp³-hybridized carbons (Fsp3) is 0.429. The number of hydrogen-bond acceptors (Lipinski definition) is 0. The van der Waals surface area contributed by atoms with Crippen LogP contribution >= 0.6 is 34.2 Å². The quantitative estimate of drug-likeness (QED) is 0.508. The maximum atomic E-state index is 12.6. The molecule has 1 aliphatic carbocycles. The summed E-state index contributed by atoms with van der Waals surface area (Å²) in [5.41, 5.74) is 0.116. The topological polar surface area (TPSA) is 0 Å². The fourth-order valence-corrected chi connectivity index (χ4v) is 1.55. The van der Waals surface area contributed by atoms with Gasteiger partial charge < -0.3 is 0 Å². The molecule has 62 valence electrons. The van der Waals surface area contributed by atoms with Crippen LogP contribution in [-0.4, -0.2) is 3.93 Å². The van der Waals surface area contributed by atoms with Crippen LogP contribution < -0.4 is 0 Å². The third-order valence-electron chi connectivity index (χ3n) is 1.43. The van der Waals surface area contributed by atoms with E-state index in [9.17, 15) is 8.78 Å². The fourth-order valence-electron chi connectivity index (χ4n) is 0.887. The van der Waals surface area contributed by atoms with Gasteiger partial charge in [-0.25, -0.2) is 0 Å². The van der Waals surface area contributed by atoms with E-state index in [1.165, 1.54) is 6.08 Å². The summed E-state index contributed by atoms with van der Waals surface area (Å²) in [6, 6.07) is 0. The second-order valence-corrected chi connectivity index (χ2v) is 4.09. The Bertz CT molecular complexity index is 215. The molecule has 0 amide bonds. The zero-order chi connectivity index (χ0) is 8.48. The summed E-state index contributed by atoms with van der Waals surface area (Å²) < 4.78 is 22.5. The number of rotatable bonds is 1. The van der Waals surface area contributed by atoms with E-state index in [0.717, 1.165) is 22.6 Å². The Labute approximate surface area is 82.4 Å². The molecule has 0 atom stereocenters. The Morgan fingerprint density at radius 2 is 2.18 bits per heavy atom. The number of allylic oxidation sites excluding steroid dienone is 4. The maximum Gasteiger partial charge on any atom is 0.318 e. The Kier molecular flexibility index (Phi) is 2.91. The number of halogens is 4. The van der Waals surface area contributed by atoms with Crippen LogP contribution in [0.15, 0.2) is 22.8 Å². The van der Waals surface area contributed by atoms with Gasteiger partial charge in [-0.3, -0.25) is 0 Å². The first-order valence-corrected chi connectivity index (χ1v) is 4.59. The second kappa shape index (κ2) is 3.39. The highest BCUT2D eigenvalue weighted by atomic mass is 127. The van der Waals surface area contributed by atoms with E-state index in [2.05, 4.69) is 0 Å². The summed E-state index contributed by atoms with van der Waals surface area (Å²) >= 11 is 6.68. The molecule has 0 radical (unpaired) electrons. The van der Waals surface area contributed by atoms with Crippen LogP contribution in [0.1, 0.15) is 12.8 Å². The van der Waals surface area contributed by atoms with Crippen LogP contribution in [0.5, 0.6) is 0 Å². The Balaban J connectivity index is 2.82. The molecule has 0 spiro atoms. The smallest absolute Gasteiger partial charge is 0.190 e. The first-order chi connectivity index (χ1) is 5.00. The van der Waals surface area contributed by atoms with Gasteiger partial charge in [0, 0.05) is 33.2 Å². The largest absolute Gasteiger partial charge is 0.318 e. The van der Waals surface area contributed by atoms with Crippen molar-refractivity contribution in [2.75, 3.05) is 0 Å².